The number of nitrogens with zero attached hydrogens (tertiary/aromatic N) is 2. The maximum Gasteiger partial charge on any atom is 0.271 e. The number of aryl methyl sites for hydroxylation is 1. The quantitative estimate of drug-likeness (QED) is 0.390. The van der Waals surface area contributed by atoms with E-state index < -0.39 is 10.2 Å². The van der Waals surface area contributed by atoms with Crippen molar-refractivity contribution in [1.82, 2.24) is 0 Å². The van der Waals surface area contributed by atoms with Crippen LogP contribution in [0.4, 0.5) is 17.1 Å². The van der Waals surface area contributed by atoms with Crippen molar-refractivity contribution in [3.63, 3.8) is 0 Å². The van der Waals surface area contributed by atoms with E-state index in [1.165, 1.54) is 30.0 Å². The summed E-state index contributed by atoms with van der Waals surface area (Å²) in [4.78, 5) is 37.4. The van der Waals surface area contributed by atoms with Gasteiger partial charge in [-0.05, 0) is 36.8 Å². The number of nitrogen functional groups attached to an aromatic ring is 1. The minimum atomic E-state index is -0.560. The Morgan fingerprint density at radius 3 is 2.52 bits per heavy atom. The molecule has 0 aliphatic carbocycles. The second-order valence-corrected chi connectivity index (χ2v) is 6.95. The fourth-order valence-corrected chi connectivity index (χ4v) is 3.67. The van der Waals surface area contributed by atoms with Crippen molar-refractivity contribution in [2.45, 2.75) is 23.5 Å². The second-order valence-electron chi connectivity index (χ2n) is 5.67. The van der Waals surface area contributed by atoms with E-state index >= 15 is 0 Å². The molecule has 128 valence electrons. The topological polar surface area (TPSA) is 107 Å². The first-order valence-corrected chi connectivity index (χ1v) is 8.39. The molecular weight excluding hydrogens is 342 g/mol. The molecule has 0 spiro atoms. The molecule has 2 amide bonds. The number of hydrogen-bond acceptors (Lipinski definition) is 6. The maximum atomic E-state index is 12.7. The van der Waals surface area contributed by atoms with Crippen LogP contribution in [0.3, 0.4) is 0 Å². The van der Waals surface area contributed by atoms with Crippen LogP contribution in [0.15, 0.2) is 47.4 Å². The number of imide groups is 1. The molecule has 1 fully saturated rings. The number of anilines is 2. The third-order valence-electron chi connectivity index (χ3n) is 3.91. The summed E-state index contributed by atoms with van der Waals surface area (Å²) in [6.07, 6.45) is 0.0516. The van der Waals surface area contributed by atoms with Gasteiger partial charge in [0.25, 0.3) is 5.69 Å². The Bertz CT molecular complexity index is 867. The summed E-state index contributed by atoms with van der Waals surface area (Å²) in [6.45, 7) is 1.71. The molecule has 3 rings (SSSR count). The van der Waals surface area contributed by atoms with Gasteiger partial charge in [0.1, 0.15) is 0 Å². The van der Waals surface area contributed by atoms with Crippen LogP contribution in [-0.2, 0) is 9.59 Å². The van der Waals surface area contributed by atoms with Gasteiger partial charge in [-0.25, -0.2) is 4.90 Å². The van der Waals surface area contributed by atoms with Gasteiger partial charge in [0.2, 0.25) is 11.8 Å². The lowest BCUT2D eigenvalue weighted by atomic mass is 10.1. The number of thioether (sulfide) groups is 1. The van der Waals surface area contributed by atoms with Crippen LogP contribution in [0.2, 0.25) is 0 Å². The summed E-state index contributed by atoms with van der Waals surface area (Å²) in [6, 6.07) is 11.2. The Morgan fingerprint density at radius 1 is 1.20 bits per heavy atom. The van der Waals surface area contributed by atoms with Gasteiger partial charge in [-0.3, -0.25) is 19.7 Å². The fourth-order valence-electron chi connectivity index (χ4n) is 2.61. The summed E-state index contributed by atoms with van der Waals surface area (Å²) in [5.41, 5.74) is 7.00. The molecule has 7 nitrogen and oxygen atoms in total. The van der Waals surface area contributed by atoms with E-state index in [1.54, 1.807) is 31.2 Å². The minimum absolute atomic E-state index is 0.0516. The average Bonchev–Trinajstić information content (AvgIpc) is 2.84. The van der Waals surface area contributed by atoms with Crippen LogP contribution in [0.1, 0.15) is 12.0 Å². The first-order valence-electron chi connectivity index (χ1n) is 7.51. The Labute approximate surface area is 148 Å². The summed E-state index contributed by atoms with van der Waals surface area (Å²) in [5, 5.41) is 10.4. The van der Waals surface area contributed by atoms with Crippen LogP contribution in [0.25, 0.3) is 0 Å². The number of non-ortho nitro benzene ring substituents is 1. The van der Waals surface area contributed by atoms with Gasteiger partial charge in [0, 0.05) is 29.1 Å². The van der Waals surface area contributed by atoms with Gasteiger partial charge in [-0.1, -0.05) is 6.07 Å². The van der Waals surface area contributed by atoms with Crippen molar-refractivity contribution in [1.29, 1.82) is 0 Å². The molecule has 0 radical (unpaired) electrons. The predicted molar refractivity (Wildman–Crippen MR) is 95.4 cm³/mol. The molecule has 0 bridgehead atoms. The largest absolute Gasteiger partial charge is 0.399 e. The van der Waals surface area contributed by atoms with E-state index in [1.807, 2.05) is 0 Å². The van der Waals surface area contributed by atoms with Crippen LogP contribution in [-0.4, -0.2) is 22.0 Å². The molecule has 1 atom stereocenters. The average molecular weight is 357 g/mol. The zero-order valence-corrected chi connectivity index (χ0v) is 14.2. The zero-order chi connectivity index (χ0) is 18.1. The number of benzene rings is 2. The standard InChI is InChI=1S/C17H15N3O4S/c1-10-2-5-12(20(23)24)8-14(10)19-16(21)9-15(17(19)22)25-13-6-3-11(18)4-7-13/h2-8,15H,9,18H2,1H3. The highest BCUT2D eigenvalue weighted by Gasteiger charge is 2.41. The van der Waals surface area contributed by atoms with Crippen molar-refractivity contribution in [3.8, 4) is 0 Å². The lowest BCUT2D eigenvalue weighted by molar-refractivity contribution is -0.384. The van der Waals surface area contributed by atoms with Gasteiger partial charge in [0.05, 0.1) is 15.9 Å². The molecule has 0 aromatic heterocycles. The second kappa shape index (κ2) is 6.56. The van der Waals surface area contributed by atoms with Crippen LogP contribution >= 0.6 is 11.8 Å². The maximum absolute atomic E-state index is 12.7. The first-order chi connectivity index (χ1) is 11.9. The van der Waals surface area contributed by atoms with Gasteiger partial charge in [0.15, 0.2) is 0 Å². The van der Waals surface area contributed by atoms with Gasteiger partial charge in [-0.2, -0.15) is 0 Å². The number of rotatable bonds is 4. The molecule has 1 heterocycles. The normalized spacial score (nSPS) is 17.2. The zero-order valence-electron chi connectivity index (χ0n) is 13.3. The highest BCUT2D eigenvalue weighted by atomic mass is 32.2. The molecule has 8 heteroatoms. The number of carbonyl (C=O) groups is 2. The first kappa shape index (κ1) is 17.0. The predicted octanol–water partition coefficient (Wildman–Crippen LogP) is 2.91. The number of carbonyl (C=O) groups excluding carboxylic acids is 2. The molecule has 25 heavy (non-hydrogen) atoms. The molecule has 1 unspecified atom stereocenters. The fraction of sp³-hybridized carbons (Fsp3) is 0.176. The van der Waals surface area contributed by atoms with Crippen molar-refractivity contribution in [3.05, 3.63) is 58.1 Å². The highest BCUT2D eigenvalue weighted by Crippen LogP contribution is 2.36. The van der Waals surface area contributed by atoms with Crippen molar-refractivity contribution in [2.75, 3.05) is 10.6 Å². The molecule has 2 aromatic rings. The number of nitrogens with two attached hydrogens (primary N) is 1. The monoisotopic (exact) mass is 357 g/mol. The Balaban J connectivity index is 1.88. The third kappa shape index (κ3) is 3.34. The number of amides is 2. The highest BCUT2D eigenvalue weighted by molar-refractivity contribution is 8.00. The van der Waals surface area contributed by atoms with Crippen LogP contribution in [0, 0.1) is 17.0 Å². The Morgan fingerprint density at radius 2 is 1.88 bits per heavy atom. The van der Waals surface area contributed by atoms with E-state index in [0.717, 1.165) is 9.80 Å². The van der Waals surface area contributed by atoms with Gasteiger partial charge in [-0.15, -0.1) is 11.8 Å². The molecule has 2 N–H and O–H groups in total. The molecule has 0 saturated carbocycles. The Kier molecular flexibility index (Phi) is 4.45. The number of hydrogen-bond donors (Lipinski definition) is 1. The van der Waals surface area contributed by atoms with Crippen molar-refractivity contribution >= 4 is 40.6 Å². The van der Waals surface area contributed by atoms with Gasteiger partial charge < -0.3 is 5.73 Å². The third-order valence-corrected chi connectivity index (χ3v) is 5.11. The van der Waals surface area contributed by atoms with Crippen molar-refractivity contribution in [2.24, 2.45) is 0 Å². The molecule has 2 aromatic carbocycles. The summed E-state index contributed by atoms with van der Waals surface area (Å²) in [7, 11) is 0. The summed E-state index contributed by atoms with van der Waals surface area (Å²) < 4.78 is 0. The lowest BCUT2D eigenvalue weighted by Gasteiger charge is -2.17. The van der Waals surface area contributed by atoms with E-state index in [2.05, 4.69) is 0 Å². The smallest absolute Gasteiger partial charge is 0.271 e. The van der Waals surface area contributed by atoms with E-state index in [9.17, 15) is 19.7 Å². The SMILES string of the molecule is Cc1ccc([N+](=O)[O-])cc1N1C(=O)CC(Sc2ccc(N)cc2)C1=O. The van der Waals surface area contributed by atoms with E-state index in [0.29, 0.717) is 11.3 Å². The van der Waals surface area contributed by atoms with E-state index in [-0.39, 0.29) is 29.6 Å². The summed E-state index contributed by atoms with van der Waals surface area (Å²) >= 11 is 1.29. The minimum Gasteiger partial charge on any atom is -0.399 e. The number of nitro groups is 1. The van der Waals surface area contributed by atoms with E-state index in [4.69, 9.17) is 5.73 Å². The Hall–Kier alpha value is -2.87. The molecule has 1 aliphatic rings. The number of nitro benzene ring substituents is 1. The molecular formula is C17H15N3O4S. The molecule has 1 aliphatic heterocycles. The lowest BCUT2D eigenvalue weighted by Crippen LogP contribution is -2.31. The van der Waals surface area contributed by atoms with Crippen LogP contribution in [0.5, 0.6) is 0 Å². The van der Waals surface area contributed by atoms with Gasteiger partial charge >= 0.3 is 0 Å². The summed E-state index contributed by atoms with van der Waals surface area (Å²) in [5.74, 6) is -0.725. The van der Waals surface area contributed by atoms with Crippen molar-refractivity contribution < 1.29 is 14.5 Å². The molecule has 1 saturated heterocycles. The van der Waals surface area contributed by atoms with Crippen LogP contribution < -0.4 is 10.6 Å².